The van der Waals surface area contributed by atoms with Crippen molar-refractivity contribution in [3.05, 3.63) is 40.7 Å². The molecule has 3 nitrogen and oxygen atoms in total. The monoisotopic (exact) mass is 188 g/mol. The summed E-state index contributed by atoms with van der Waals surface area (Å²) in [7, 11) is 3.57. The van der Waals surface area contributed by atoms with E-state index >= 15 is 0 Å². The molecule has 1 aromatic carbocycles. The Morgan fingerprint density at radius 2 is 2.00 bits per heavy atom. The second-order valence-corrected chi connectivity index (χ2v) is 3.23. The predicted molar refractivity (Wildman–Crippen MR) is 58.7 cm³/mol. The fourth-order valence-corrected chi connectivity index (χ4v) is 1.59. The topological polar surface area (TPSA) is 34.0 Å². The molecule has 0 radical (unpaired) electrons. The quantitative estimate of drug-likeness (QED) is 0.737. The van der Waals surface area contributed by atoms with E-state index in [-0.39, 0.29) is 5.56 Å². The first kappa shape index (κ1) is 8.81. The Bertz CT molecular complexity index is 528. The molecular formula is C11H12N2O. The number of benzene rings is 1. The summed E-state index contributed by atoms with van der Waals surface area (Å²) in [5.41, 5.74) is 0.0347. The fourth-order valence-electron chi connectivity index (χ4n) is 1.59. The molecular weight excluding hydrogens is 176 g/mol. The van der Waals surface area contributed by atoms with Gasteiger partial charge in [0, 0.05) is 19.5 Å². The summed E-state index contributed by atoms with van der Waals surface area (Å²) in [5, 5.41) is 4.72. The number of rotatable bonds is 1. The first-order valence-corrected chi connectivity index (χ1v) is 4.50. The molecule has 0 spiro atoms. The van der Waals surface area contributed by atoms with Gasteiger partial charge in [-0.15, -0.1) is 0 Å². The highest BCUT2D eigenvalue weighted by molar-refractivity contribution is 5.83. The van der Waals surface area contributed by atoms with E-state index in [1.807, 2.05) is 37.4 Å². The molecule has 0 atom stereocenters. The first-order chi connectivity index (χ1) is 6.74. The largest absolute Gasteiger partial charge is 0.374 e. The highest BCUT2D eigenvalue weighted by atomic mass is 16.1. The lowest BCUT2D eigenvalue weighted by Crippen LogP contribution is -2.19. The summed E-state index contributed by atoms with van der Waals surface area (Å²) in [4.78, 5) is 11.8. The third-order valence-electron chi connectivity index (χ3n) is 2.41. The molecule has 0 unspecified atom stereocenters. The highest BCUT2D eigenvalue weighted by Crippen LogP contribution is 2.13. The van der Waals surface area contributed by atoms with Crippen LogP contribution in [0.1, 0.15) is 0 Å². The van der Waals surface area contributed by atoms with Crippen LogP contribution in [0.4, 0.5) is 5.82 Å². The highest BCUT2D eigenvalue weighted by Gasteiger charge is 2.03. The van der Waals surface area contributed by atoms with Gasteiger partial charge in [0.15, 0.2) is 0 Å². The second-order valence-electron chi connectivity index (χ2n) is 3.23. The number of hydrogen-bond acceptors (Lipinski definition) is 2. The molecule has 0 aliphatic rings. The molecule has 14 heavy (non-hydrogen) atoms. The fraction of sp³-hybridized carbons (Fsp3) is 0.182. The van der Waals surface area contributed by atoms with E-state index < -0.39 is 0 Å². The Morgan fingerprint density at radius 1 is 1.29 bits per heavy atom. The minimum atomic E-state index is 0.0347. The zero-order valence-electron chi connectivity index (χ0n) is 8.24. The molecule has 1 N–H and O–H groups in total. The standard InChI is InChI=1S/C11H12N2O/c1-12-10-7-8-5-3-4-6-9(8)11(14)13(10)2/h3-7,12H,1-2H3. The molecule has 0 saturated carbocycles. The van der Waals surface area contributed by atoms with Gasteiger partial charge in [-0.3, -0.25) is 9.36 Å². The van der Waals surface area contributed by atoms with E-state index in [0.29, 0.717) is 0 Å². The Balaban J connectivity index is 2.92. The van der Waals surface area contributed by atoms with Crippen LogP contribution in [0.5, 0.6) is 0 Å². The molecule has 0 aliphatic heterocycles. The summed E-state index contributed by atoms with van der Waals surface area (Å²) in [6.07, 6.45) is 0. The third-order valence-corrected chi connectivity index (χ3v) is 2.41. The number of hydrogen-bond donors (Lipinski definition) is 1. The van der Waals surface area contributed by atoms with Crippen molar-refractivity contribution in [3.8, 4) is 0 Å². The predicted octanol–water partition coefficient (Wildman–Crippen LogP) is 1.58. The summed E-state index contributed by atoms with van der Waals surface area (Å²) in [6, 6.07) is 9.56. The van der Waals surface area contributed by atoms with Crippen molar-refractivity contribution in [2.45, 2.75) is 0 Å². The number of fused-ring (bicyclic) bond motifs is 1. The molecule has 0 aliphatic carbocycles. The third kappa shape index (κ3) is 1.18. The molecule has 3 heteroatoms. The van der Waals surface area contributed by atoms with Crippen molar-refractivity contribution in [1.82, 2.24) is 4.57 Å². The lowest BCUT2D eigenvalue weighted by atomic mass is 10.2. The van der Waals surface area contributed by atoms with E-state index in [4.69, 9.17) is 0 Å². The summed E-state index contributed by atoms with van der Waals surface area (Å²) < 4.78 is 1.61. The molecule has 1 aromatic heterocycles. The number of anilines is 1. The molecule has 0 fully saturated rings. The molecule has 2 rings (SSSR count). The van der Waals surface area contributed by atoms with Crippen molar-refractivity contribution in [1.29, 1.82) is 0 Å². The number of nitrogens with zero attached hydrogens (tertiary/aromatic N) is 1. The van der Waals surface area contributed by atoms with Gasteiger partial charge >= 0.3 is 0 Å². The normalized spacial score (nSPS) is 10.4. The summed E-state index contributed by atoms with van der Waals surface area (Å²) in [6.45, 7) is 0. The Labute approximate surface area is 82.0 Å². The van der Waals surface area contributed by atoms with Crippen molar-refractivity contribution in [2.24, 2.45) is 7.05 Å². The number of nitrogens with one attached hydrogen (secondary N) is 1. The molecule has 0 amide bonds. The van der Waals surface area contributed by atoms with Crippen LogP contribution in [0.25, 0.3) is 10.8 Å². The second kappa shape index (κ2) is 3.18. The van der Waals surface area contributed by atoms with Gasteiger partial charge in [0.05, 0.1) is 0 Å². The Kier molecular flexibility index (Phi) is 2.00. The van der Waals surface area contributed by atoms with Crippen LogP contribution in [0.3, 0.4) is 0 Å². The summed E-state index contributed by atoms with van der Waals surface area (Å²) >= 11 is 0. The van der Waals surface area contributed by atoms with Crippen LogP contribution >= 0.6 is 0 Å². The van der Waals surface area contributed by atoms with Gasteiger partial charge in [-0.25, -0.2) is 0 Å². The number of pyridine rings is 1. The maximum Gasteiger partial charge on any atom is 0.259 e. The van der Waals surface area contributed by atoms with E-state index in [9.17, 15) is 4.79 Å². The van der Waals surface area contributed by atoms with Crippen LogP contribution in [-0.2, 0) is 7.05 Å². The molecule has 1 heterocycles. The minimum absolute atomic E-state index is 0.0347. The van der Waals surface area contributed by atoms with Crippen LogP contribution in [0.15, 0.2) is 35.1 Å². The molecule has 72 valence electrons. The lowest BCUT2D eigenvalue weighted by Gasteiger charge is -2.08. The molecule has 0 saturated heterocycles. The SMILES string of the molecule is CNc1cc2ccccc2c(=O)n1C. The van der Waals surface area contributed by atoms with Gasteiger partial charge in [0.1, 0.15) is 5.82 Å². The van der Waals surface area contributed by atoms with Gasteiger partial charge in [0.25, 0.3) is 5.56 Å². The van der Waals surface area contributed by atoms with Crippen molar-refractivity contribution < 1.29 is 0 Å². The van der Waals surface area contributed by atoms with Gasteiger partial charge < -0.3 is 5.32 Å². The lowest BCUT2D eigenvalue weighted by molar-refractivity contribution is 0.880. The maximum absolute atomic E-state index is 11.8. The summed E-state index contributed by atoms with van der Waals surface area (Å²) in [5.74, 6) is 0.828. The van der Waals surface area contributed by atoms with E-state index in [1.165, 1.54) is 0 Å². The average molecular weight is 188 g/mol. The van der Waals surface area contributed by atoms with Gasteiger partial charge in [-0.2, -0.15) is 0 Å². The first-order valence-electron chi connectivity index (χ1n) is 4.50. The minimum Gasteiger partial charge on any atom is -0.374 e. The Hall–Kier alpha value is -1.77. The van der Waals surface area contributed by atoms with E-state index in [2.05, 4.69) is 5.32 Å². The van der Waals surface area contributed by atoms with E-state index in [0.717, 1.165) is 16.6 Å². The van der Waals surface area contributed by atoms with Crippen molar-refractivity contribution >= 4 is 16.6 Å². The zero-order valence-corrected chi connectivity index (χ0v) is 8.24. The molecule has 2 aromatic rings. The van der Waals surface area contributed by atoms with Crippen molar-refractivity contribution in [3.63, 3.8) is 0 Å². The van der Waals surface area contributed by atoms with Gasteiger partial charge in [0.2, 0.25) is 0 Å². The Morgan fingerprint density at radius 3 is 2.71 bits per heavy atom. The van der Waals surface area contributed by atoms with Gasteiger partial charge in [-0.05, 0) is 17.5 Å². The van der Waals surface area contributed by atoms with Crippen LogP contribution in [-0.4, -0.2) is 11.6 Å². The van der Waals surface area contributed by atoms with Crippen LogP contribution in [0.2, 0.25) is 0 Å². The maximum atomic E-state index is 11.8. The average Bonchev–Trinajstić information content (AvgIpc) is 2.23. The smallest absolute Gasteiger partial charge is 0.259 e. The van der Waals surface area contributed by atoms with Gasteiger partial charge in [-0.1, -0.05) is 18.2 Å². The number of aromatic nitrogens is 1. The van der Waals surface area contributed by atoms with E-state index in [1.54, 1.807) is 11.6 Å². The van der Waals surface area contributed by atoms with Crippen LogP contribution in [0, 0.1) is 0 Å². The van der Waals surface area contributed by atoms with Crippen LogP contribution < -0.4 is 10.9 Å². The zero-order chi connectivity index (χ0) is 10.1. The molecule has 0 bridgehead atoms. The van der Waals surface area contributed by atoms with Crippen molar-refractivity contribution in [2.75, 3.05) is 12.4 Å².